The van der Waals surface area contributed by atoms with Crippen molar-refractivity contribution in [2.75, 3.05) is 18.2 Å². The zero-order chi connectivity index (χ0) is 6.85. The van der Waals surface area contributed by atoms with E-state index in [9.17, 15) is 0 Å². The molecule has 0 aliphatic carbocycles. The monoisotopic (exact) mass is 127 g/mol. The van der Waals surface area contributed by atoms with Crippen molar-refractivity contribution in [2.45, 2.75) is 0 Å². The van der Waals surface area contributed by atoms with Crippen LogP contribution in [0.2, 0.25) is 0 Å². The first-order valence-corrected chi connectivity index (χ1v) is 2.59. The van der Waals surface area contributed by atoms with E-state index in [2.05, 4.69) is 5.43 Å². The van der Waals surface area contributed by atoms with Gasteiger partial charge in [-0.1, -0.05) is 0 Å². The Bertz CT molecular complexity index is 206. The second-order valence-electron chi connectivity index (χ2n) is 1.68. The lowest BCUT2D eigenvalue weighted by Gasteiger charge is -2.01. The summed E-state index contributed by atoms with van der Waals surface area (Å²) in [6.07, 6.45) is 1.64. The molecule has 50 valence electrons. The number of nitrogens with two attached hydrogens (primary N) is 1. The van der Waals surface area contributed by atoms with Crippen LogP contribution in [0.5, 0.6) is 5.75 Å². The smallest absolute Gasteiger partial charge is 0.165 e. The molecule has 0 spiro atoms. The maximum absolute atomic E-state index is 8.89. The van der Waals surface area contributed by atoms with Gasteiger partial charge in [0, 0.05) is 19.3 Å². The van der Waals surface area contributed by atoms with E-state index in [0.717, 1.165) is 0 Å². The molecule has 0 aliphatic rings. The number of rotatable bonds is 1. The third-order valence-electron chi connectivity index (χ3n) is 1.14. The Hall–Kier alpha value is -1.32. The molecule has 4 nitrogen and oxygen atoms in total. The number of hydrogen-bond acceptors (Lipinski definition) is 3. The van der Waals surface area contributed by atoms with Crippen molar-refractivity contribution >= 4 is 5.82 Å². The van der Waals surface area contributed by atoms with Crippen molar-refractivity contribution in [1.82, 2.24) is 4.68 Å². The second kappa shape index (κ2) is 1.89. The fourth-order valence-electron chi connectivity index (χ4n) is 0.629. The Morgan fingerprint density at radius 1 is 1.78 bits per heavy atom. The average Bonchev–Trinajstić information content (AvgIpc) is 2.15. The minimum Gasteiger partial charge on any atom is -0.504 e. The Kier molecular flexibility index (Phi) is 1.22. The molecule has 4 N–H and O–H groups in total. The predicted molar refractivity (Wildman–Crippen MR) is 35.8 cm³/mol. The van der Waals surface area contributed by atoms with Gasteiger partial charge in [0.1, 0.15) is 0 Å². The van der Waals surface area contributed by atoms with Crippen LogP contribution in [0, 0.1) is 0 Å². The number of anilines is 1. The lowest BCUT2D eigenvalue weighted by atomic mass is 10.6. The number of nitrogen functional groups attached to an aromatic ring is 1. The largest absolute Gasteiger partial charge is 0.504 e. The van der Waals surface area contributed by atoms with Crippen molar-refractivity contribution in [3.8, 4) is 5.75 Å². The van der Waals surface area contributed by atoms with E-state index >= 15 is 0 Å². The van der Waals surface area contributed by atoms with Gasteiger partial charge in [-0.05, 0) is 0 Å². The molecule has 0 saturated carbocycles. The molecule has 1 aromatic heterocycles. The average molecular weight is 127 g/mol. The quantitative estimate of drug-likeness (QED) is 0.495. The van der Waals surface area contributed by atoms with Crippen LogP contribution in [0.3, 0.4) is 0 Å². The molecule has 0 atom stereocenters. The minimum atomic E-state index is 0.101. The molecule has 0 saturated heterocycles. The van der Waals surface area contributed by atoms with Gasteiger partial charge in [-0.2, -0.15) is 0 Å². The van der Waals surface area contributed by atoms with Crippen molar-refractivity contribution in [3.63, 3.8) is 0 Å². The van der Waals surface area contributed by atoms with Crippen LogP contribution in [0.15, 0.2) is 12.3 Å². The summed E-state index contributed by atoms with van der Waals surface area (Å²) < 4.78 is 1.52. The Morgan fingerprint density at radius 2 is 2.44 bits per heavy atom. The van der Waals surface area contributed by atoms with Crippen molar-refractivity contribution in [2.24, 2.45) is 0 Å². The van der Waals surface area contributed by atoms with Crippen molar-refractivity contribution in [3.05, 3.63) is 12.3 Å². The summed E-state index contributed by atoms with van der Waals surface area (Å²) in [7, 11) is 1.72. The molecule has 0 aliphatic heterocycles. The minimum absolute atomic E-state index is 0.101. The lowest BCUT2D eigenvalue weighted by Crippen LogP contribution is -2.09. The number of hydrogen-bond donors (Lipinski definition) is 3. The maximum Gasteiger partial charge on any atom is 0.165 e. The van der Waals surface area contributed by atoms with Crippen LogP contribution < -0.4 is 11.2 Å². The number of nitrogens with one attached hydrogen (secondary N) is 1. The standard InChI is InChI=1S/C5H9N3O/c1-7-8-3-2-4(9)5(8)6/h2-3,7,9H,6H2,1H3. The van der Waals surface area contributed by atoms with E-state index in [4.69, 9.17) is 10.8 Å². The first-order valence-electron chi connectivity index (χ1n) is 2.59. The van der Waals surface area contributed by atoms with Gasteiger partial charge in [-0.3, -0.25) is 0 Å². The molecule has 0 fully saturated rings. The van der Waals surface area contributed by atoms with Crippen LogP contribution in [-0.4, -0.2) is 16.8 Å². The fourth-order valence-corrected chi connectivity index (χ4v) is 0.629. The molecule has 9 heavy (non-hydrogen) atoms. The summed E-state index contributed by atoms with van der Waals surface area (Å²) in [4.78, 5) is 0. The molecule has 0 unspecified atom stereocenters. The van der Waals surface area contributed by atoms with E-state index in [1.165, 1.54) is 10.7 Å². The van der Waals surface area contributed by atoms with Gasteiger partial charge in [-0.15, -0.1) is 0 Å². The Morgan fingerprint density at radius 3 is 2.67 bits per heavy atom. The fraction of sp³-hybridized carbons (Fsp3) is 0.200. The normalized spacial score (nSPS) is 9.44. The highest BCUT2D eigenvalue weighted by Gasteiger charge is 1.99. The van der Waals surface area contributed by atoms with Gasteiger partial charge >= 0.3 is 0 Å². The third-order valence-corrected chi connectivity index (χ3v) is 1.14. The Balaban J connectivity index is 3.04. The van der Waals surface area contributed by atoms with E-state index in [1.807, 2.05) is 0 Å². The SMILES string of the molecule is CNn1ccc(O)c1N. The lowest BCUT2D eigenvalue weighted by molar-refractivity contribution is 0.478. The highest BCUT2D eigenvalue weighted by molar-refractivity contribution is 5.46. The van der Waals surface area contributed by atoms with Crippen LogP contribution in [0.1, 0.15) is 0 Å². The molecule has 0 radical (unpaired) electrons. The van der Waals surface area contributed by atoms with Gasteiger partial charge < -0.3 is 16.3 Å². The topological polar surface area (TPSA) is 63.2 Å². The highest BCUT2D eigenvalue weighted by Crippen LogP contribution is 2.17. The molecule has 1 rings (SSSR count). The molecule has 0 amide bonds. The van der Waals surface area contributed by atoms with E-state index in [1.54, 1.807) is 13.2 Å². The summed E-state index contributed by atoms with van der Waals surface area (Å²) in [5, 5.41) is 8.89. The summed E-state index contributed by atoms with van der Waals surface area (Å²) in [5.74, 6) is 0.432. The summed E-state index contributed by atoms with van der Waals surface area (Å²) >= 11 is 0. The number of aromatic nitrogens is 1. The molecular formula is C5H9N3O. The molecule has 0 aromatic carbocycles. The zero-order valence-corrected chi connectivity index (χ0v) is 5.13. The zero-order valence-electron chi connectivity index (χ0n) is 5.13. The van der Waals surface area contributed by atoms with Gasteiger partial charge in [-0.25, -0.2) is 4.68 Å². The van der Waals surface area contributed by atoms with Crippen LogP contribution in [-0.2, 0) is 0 Å². The molecule has 1 aromatic rings. The van der Waals surface area contributed by atoms with E-state index in [0.29, 0.717) is 5.82 Å². The molecule has 0 bridgehead atoms. The number of aromatic hydroxyl groups is 1. The molecule has 1 heterocycles. The molecule has 4 heteroatoms. The first kappa shape index (κ1) is 5.81. The van der Waals surface area contributed by atoms with Crippen molar-refractivity contribution in [1.29, 1.82) is 0 Å². The van der Waals surface area contributed by atoms with Gasteiger partial charge in [0.2, 0.25) is 0 Å². The van der Waals surface area contributed by atoms with E-state index < -0.39 is 0 Å². The third kappa shape index (κ3) is 0.782. The second-order valence-corrected chi connectivity index (χ2v) is 1.68. The predicted octanol–water partition coefficient (Wildman–Crippen LogP) is -0.0508. The maximum atomic E-state index is 8.89. The summed E-state index contributed by atoms with van der Waals surface area (Å²) in [5.41, 5.74) is 8.11. The molecular weight excluding hydrogens is 118 g/mol. The van der Waals surface area contributed by atoms with Crippen molar-refractivity contribution < 1.29 is 5.11 Å². The van der Waals surface area contributed by atoms with Crippen LogP contribution >= 0.6 is 0 Å². The number of nitrogens with zero attached hydrogens (tertiary/aromatic N) is 1. The highest BCUT2D eigenvalue weighted by atomic mass is 16.3. The van der Waals surface area contributed by atoms with Gasteiger partial charge in [0.25, 0.3) is 0 Å². The van der Waals surface area contributed by atoms with E-state index in [-0.39, 0.29) is 5.75 Å². The summed E-state index contributed by atoms with van der Waals surface area (Å²) in [6, 6.07) is 1.52. The van der Waals surface area contributed by atoms with Crippen LogP contribution in [0.4, 0.5) is 5.82 Å². The Labute approximate surface area is 52.9 Å². The summed E-state index contributed by atoms with van der Waals surface area (Å²) in [6.45, 7) is 0. The van der Waals surface area contributed by atoms with Crippen LogP contribution in [0.25, 0.3) is 0 Å². The first-order chi connectivity index (χ1) is 4.25. The van der Waals surface area contributed by atoms with Gasteiger partial charge in [0.05, 0.1) is 0 Å². The van der Waals surface area contributed by atoms with Gasteiger partial charge in [0.15, 0.2) is 11.6 Å².